The van der Waals surface area contributed by atoms with E-state index in [9.17, 15) is 13.2 Å². The third-order valence-corrected chi connectivity index (χ3v) is 7.77. The minimum Gasteiger partial charge on any atom is -0.388 e. The van der Waals surface area contributed by atoms with Gasteiger partial charge in [0, 0.05) is 31.9 Å². The van der Waals surface area contributed by atoms with Crippen molar-refractivity contribution >= 4 is 26.6 Å². The number of carbonyl (C=O) groups excluding carboxylic acids is 1. The molecule has 0 aliphatic carbocycles. The zero-order chi connectivity index (χ0) is 21.8. The highest BCUT2D eigenvalue weighted by Gasteiger charge is 2.29. The molecule has 1 aliphatic heterocycles. The predicted molar refractivity (Wildman–Crippen MR) is 117 cm³/mol. The molecule has 1 N–H and O–H groups in total. The number of ketones is 1. The van der Waals surface area contributed by atoms with Crippen molar-refractivity contribution in [1.82, 2.24) is 14.3 Å². The number of benzene rings is 2. The molecule has 4 rings (SSSR count). The molecule has 3 aromatic rings. The van der Waals surface area contributed by atoms with Crippen LogP contribution in [0, 0.1) is 5.92 Å². The molecule has 31 heavy (non-hydrogen) atoms. The van der Waals surface area contributed by atoms with Gasteiger partial charge in [0.05, 0.1) is 10.5 Å². The lowest BCUT2D eigenvalue weighted by Crippen LogP contribution is -2.38. The van der Waals surface area contributed by atoms with Crippen molar-refractivity contribution in [2.45, 2.75) is 30.6 Å². The Hall–Kier alpha value is -2.68. The van der Waals surface area contributed by atoms with Crippen LogP contribution in [0.2, 0.25) is 0 Å². The van der Waals surface area contributed by atoms with Gasteiger partial charge in [-0.2, -0.15) is 4.31 Å². The number of fused-ring (bicyclic) bond motifs is 1. The summed E-state index contributed by atoms with van der Waals surface area (Å²) in [5.41, 5.74) is 0.304. The summed E-state index contributed by atoms with van der Waals surface area (Å²) in [6.45, 7) is 0.457. The fraction of sp³-hybridized carbons (Fsp3) is 0.348. The number of Topliss-reactive ketones (excluding diaryl/α,β-unsaturated/α-hetero) is 1. The minimum absolute atomic E-state index is 0.304. The molecule has 0 radical (unpaired) electrons. The maximum absolute atomic E-state index is 13.1. The minimum atomic E-state index is -3.50. The van der Waals surface area contributed by atoms with Gasteiger partial charge in [0.2, 0.25) is 10.0 Å². The van der Waals surface area contributed by atoms with Crippen molar-refractivity contribution < 1.29 is 18.3 Å². The van der Waals surface area contributed by atoms with Gasteiger partial charge in [0.15, 0.2) is 5.78 Å². The van der Waals surface area contributed by atoms with E-state index < -0.39 is 22.4 Å². The second-order valence-corrected chi connectivity index (χ2v) is 9.80. The standard InChI is InChI=1S/C23H25N3O4S/c27-16-22(28)20-14-24-23(25-15-20)8-5-17-9-11-26(12-10-17)31(29,30)21-7-6-18-3-1-2-4-19(18)13-21/h1-4,6-7,13-15,17,27H,5,8-12,16H2. The molecule has 1 aromatic heterocycles. The van der Waals surface area contributed by atoms with Gasteiger partial charge in [-0.3, -0.25) is 4.79 Å². The first-order valence-corrected chi connectivity index (χ1v) is 11.9. The van der Waals surface area contributed by atoms with Crippen molar-refractivity contribution in [3.05, 3.63) is 66.2 Å². The summed E-state index contributed by atoms with van der Waals surface area (Å²) in [7, 11) is -3.50. The first-order chi connectivity index (χ1) is 15.0. The van der Waals surface area contributed by atoms with E-state index in [0.29, 0.717) is 41.7 Å². The number of hydrogen-bond donors (Lipinski definition) is 1. The largest absolute Gasteiger partial charge is 0.388 e. The van der Waals surface area contributed by atoms with Crippen molar-refractivity contribution in [2.75, 3.05) is 19.7 Å². The van der Waals surface area contributed by atoms with E-state index in [2.05, 4.69) is 9.97 Å². The molecule has 0 saturated carbocycles. The summed E-state index contributed by atoms with van der Waals surface area (Å²) >= 11 is 0. The molecule has 0 unspecified atom stereocenters. The SMILES string of the molecule is O=C(CO)c1cnc(CCC2CCN(S(=O)(=O)c3ccc4ccccc4c3)CC2)nc1. The van der Waals surface area contributed by atoms with E-state index in [1.54, 1.807) is 16.4 Å². The van der Waals surface area contributed by atoms with Crippen LogP contribution in [-0.2, 0) is 16.4 Å². The van der Waals surface area contributed by atoms with Gasteiger partial charge in [-0.05, 0) is 48.1 Å². The summed E-state index contributed by atoms with van der Waals surface area (Å²) in [5.74, 6) is 0.664. The number of sulfonamides is 1. The molecular weight excluding hydrogens is 414 g/mol. The number of rotatable bonds is 7. The first-order valence-electron chi connectivity index (χ1n) is 10.4. The van der Waals surface area contributed by atoms with Crippen molar-refractivity contribution in [3.8, 4) is 0 Å². The Morgan fingerprint density at radius 3 is 2.39 bits per heavy atom. The fourth-order valence-corrected chi connectivity index (χ4v) is 5.47. The first kappa shape index (κ1) is 21.5. The van der Waals surface area contributed by atoms with E-state index in [4.69, 9.17) is 5.11 Å². The maximum Gasteiger partial charge on any atom is 0.243 e. The number of aryl methyl sites for hydroxylation is 1. The predicted octanol–water partition coefficient (Wildman–Crippen LogP) is 2.84. The highest BCUT2D eigenvalue weighted by molar-refractivity contribution is 7.89. The highest BCUT2D eigenvalue weighted by atomic mass is 32.2. The van der Waals surface area contributed by atoms with E-state index in [-0.39, 0.29) is 0 Å². The molecule has 8 heteroatoms. The lowest BCUT2D eigenvalue weighted by molar-refractivity contribution is 0.0903. The van der Waals surface area contributed by atoms with Gasteiger partial charge in [0.1, 0.15) is 12.4 Å². The Bertz CT molecular complexity index is 1170. The number of aliphatic hydroxyl groups excluding tert-OH is 1. The zero-order valence-corrected chi connectivity index (χ0v) is 18.0. The van der Waals surface area contributed by atoms with E-state index in [1.807, 2.05) is 30.3 Å². The Kier molecular flexibility index (Phi) is 6.41. The zero-order valence-electron chi connectivity index (χ0n) is 17.1. The summed E-state index contributed by atoms with van der Waals surface area (Å²) in [5, 5.41) is 10.8. The maximum atomic E-state index is 13.1. The number of nitrogens with zero attached hydrogens (tertiary/aromatic N) is 3. The van der Waals surface area contributed by atoms with Gasteiger partial charge in [-0.15, -0.1) is 0 Å². The van der Waals surface area contributed by atoms with E-state index >= 15 is 0 Å². The number of piperidine rings is 1. The average Bonchev–Trinajstić information content (AvgIpc) is 2.82. The normalized spacial score (nSPS) is 15.9. The highest BCUT2D eigenvalue weighted by Crippen LogP contribution is 2.28. The van der Waals surface area contributed by atoms with Crippen LogP contribution in [-0.4, -0.2) is 53.3 Å². The Morgan fingerprint density at radius 2 is 1.71 bits per heavy atom. The van der Waals surface area contributed by atoms with Gasteiger partial charge in [0.25, 0.3) is 0 Å². The lowest BCUT2D eigenvalue weighted by Gasteiger charge is -2.31. The molecule has 2 aromatic carbocycles. The molecule has 0 amide bonds. The molecule has 0 atom stereocenters. The number of aromatic nitrogens is 2. The van der Waals surface area contributed by atoms with Crippen molar-refractivity contribution in [1.29, 1.82) is 0 Å². The molecule has 162 valence electrons. The molecule has 0 spiro atoms. The van der Waals surface area contributed by atoms with Crippen LogP contribution in [0.25, 0.3) is 10.8 Å². The molecule has 1 saturated heterocycles. The van der Waals surface area contributed by atoms with Crippen LogP contribution in [0.5, 0.6) is 0 Å². The molecule has 0 bridgehead atoms. The third kappa shape index (κ3) is 4.81. The third-order valence-electron chi connectivity index (χ3n) is 5.88. The Balaban J connectivity index is 1.34. The van der Waals surface area contributed by atoms with Crippen LogP contribution in [0.4, 0.5) is 0 Å². The quantitative estimate of drug-likeness (QED) is 0.568. The molecular formula is C23H25N3O4S. The summed E-state index contributed by atoms with van der Waals surface area (Å²) in [4.78, 5) is 20.2. The number of carbonyl (C=O) groups is 1. The summed E-state index contributed by atoms with van der Waals surface area (Å²) < 4.78 is 27.8. The molecule has 7 nitrogen and oxygen atoms in total. The molecule has 1 fully saturated rings. The number of hydrogen-bond acceptors (Lipinski definition) is 6. The van der Waals surface area contributed by atoms with Crippen LogP contribution in [0.1, 0.15) is 35.4 Å². The monoisotopic (exact) mass is 439 g/mol. The fourth-order valence-electron chi connectivity index (χ4n) is 3.97. The number of aliphatic hydroxyl groups is 1. The van der Waals surface area contributed by atoms with Gasteiger partial charge in [-0.25, -0.2) is 18.4 Å². The second-order valence-electron chi connectivity index (χ2n) is 7.86. The smallest absolute Gasteiger partial charge is 0.243 e. The lowest BCUT2D eigenvalue weighted by atomic mass is 9.93. The van der Waals surface area contributed by atoms with Gasteiger partial charge in [-0.1, -0.05) is 30.3 Å². The van der Waals surface area contributed by atoms with E-state index in [1.165, 1.54) is 12.4 Å². The molecule has 1 aliphatic rings. The van der Waals surface area contributed by atoms with Gasteiger partial charge >= 0.3 is 0 Å². The van der Waals surface area contributed by atoms with Crippen LogP contribution < -0.4 is 0 Å². The van der Waals surface area contributed by atoms with Gasteiger partial charge < -0.3 is 5.11 Å². The van der Waals surface area contributed by atoms with Crippen LogP contribution in [0.3, 0.4) is 0 Å². The van der Waals surface area contributed by atoms with E-state index in [0.717, 1.165) is 30.0 Å². The van der Waals surface area contributed by atoms with Crippen molar-refractivity contribution in [2.24, 2.45) is 5.92 Å². The summed E-state index contributed by atoms with van der Waals surface area (Å²) in [6, 6.07) is 13.0. The average molecular weight is 440 g/mol. The Labute approximate surface area is 181 Å². The van der Waals surface area contributed by atoms with Crippen LogP contribution >= 0.6 is 0 Å². The topological polar surface area (TPSA) is 100 Å². The summed E-state index contributed by atoms with van der Waals surface area (Å²) in [6.07, 6.45) is 6.04. The second kappa shape index (κ2) is 9.21. The van der Waals surface area contributed by atoms with Crippen molar-refractivity contribution in [3.63, 3.8) is 0 Å². The molecule has 2 heterocycles. The Morgan fingerprint density at radius 1 is 1.03 bits per heavy atom. The van der Waals surface area contributed by atoms with Crippen LogP contribution in [0.15, 0.2) is 59.8 Å².